The molecule has 0 saturated heterocycles. The van der Waals surface area contributed by atoms with Gasteiger partial charge in [-0.3, -0.25) is 4.79 Å². The predicted molar refractivity (Wildman–Crippen MR) is 92.4 cm³/mol. The second-order valence-electron chi connectivity index (χ2n) is 8.01. The number of esters is 1. The number of benzene rings is 1. The summed E-state index contributed by atoms with van der Waals surface area (Å²) < 4.78 is 4.70. The highest BCUT2D eigenvalue weighted by molar-refractivity contribution is 5.98. The highest BCUT2D eigenvalue weighted by Gasteiger charge is 2.53. The molecule has 0 spiro atoms. The number of allylic oxidation sites excluding steroid dienone is 1. The Balaban J connectivity index is 1.48. The molecule has 3 heteroatoms. The zero-order valence-corrected chi connectivity index (χ0v) is 14.2. The number of methoxy groups -OCH3 is 1. The Hall–Kier alpha value is -1.90. The monoisotopic (exact) mass is 324 g/mol. The second kappa shape index (κ2) is 5.87. The largest absolute Gasteiger partial charge is 0.465 e. The van der Waals surface area contributed by atoms with Gasteiger partial charge < -0.3 is 4.74 Å². The average molecular weight is 324 g/mol. The van der Waals surface area contributed by atoms with E-state index in [4.69, 9.17) is 4.74 Å². The fourth-order valence-electron chi connectivity index (χ4n) is 5.61. The van der Waals surface area contributed by atoms with Crippen molar-refractivity contribution in [3.8, 4) is 0 Å². The van der Waals surface area contributed by atoms with E-state index in [1.807, 2.05) is 18.2 Å². The van der Waals surface area contributed by atoms with Crippen LogP contribution in [-0.4, -0.2) is 18.9 Å². The van der Waals surface area contributed by atoms with E-state index in [0.717, 1.165) is 42.6 Å². The summed E-state index contributed by atoms with van der Waals surface area (Å²) in [6.07, 6.45) is 11.0. The summed E-state index contributed by atoms with van der Waals surface area (Å²) >= 11 is 0. The molecule has 4 saturated carbocycles. The van der Waals surface area contributed by atoms with Crippen LogP contribution in [0.1, 0.15) is 54.4 Å². The fraction of sp³-hybridized carbons (Fsp3) is 0.524. The zero-order valence-electron chi connectivity index (χ0n) is 14.2. The Morgan fingerprint density at radius 3 is 2.04 bits per heavy atom. The van der Waals surface area contributed by atoms with Crippen LogP contribution in [0.2, 0.25) is 0 Å². The molecule has 5 rings (SSSR count). The summed E-state index contributed by atoms with van der Waals surface area (Å²) in [6.45, 7) is 0. The van der Waals surface area contributed by atoms with Gasteiger partial charge in [-0.1, -0.05) is 18.2 Å². The lowest BCUT2D eigenvalue weighted by molar-refractivity contribution is -0.138. The summed E-state index contributed by atoms with van der Waals surface area (Å²) in [5.74, 6) is 2.34. The van der Waals surface area contributed by atoms with Crippen molar-refractivity contribution in [3.63, 3.8) is 0 Å². The Morgan fingerprint density at radius 2 is 1.54 bits per heavy atom. The van der Waals surface area contributed by atoms with Gasteiger partial charge in [-0.2, -0.15) is 0 Å². The molecule has 0 heterocycles. The fourth-order valence-corrected chi connectivity index (χ4v) is 5.61. The summed E-state index contributed by atoms with van der Waals surface area (Å²) in [5.41, 5.74) is 1.40. The van der Waals surface area contributed by atoms with Crippen LogP contribution < -0.4 is 0 Å². The van der Waals surface area contributed by atoms with Crippen molar-refractivity contribution in [2.45, 2.75) is 38.5 Å². The maximum absolute atomic E-state index is 12.9. The molecule has 0 atom stereocenters. The summed E-state index contributed by atoms with van der Waals surface area (Å²) in [5, 5.41) is 0. The van der Waals surface area contributed by atoms with Crippen molar-refractivity contribution in [1.29, 1.82) is 0 Å². The summed E-state index contributed by atoms with van der Waals surface area (Å²) in [4.78, 5) is 24.4. The van der Waals surface area contributed by atoms with Gasteiger partial charge in [0.1, 0.15) is 0 Å². The molecule has 0 unspecified atom stereocenters. The first kappa shape index (κ1) is 15.6. The van der Waals surface area contributed by atoms with Crippen molar-refractivity contribution >= 4 is 17.8 Å². The van der Waals surface area contributed by atoms with Crippen LogP contribution in [0.25, 0.3) is 6.08 Å². The van der Waals surface area contributed by atoms with Crippen LogP contribution in [0, 0.1) is 23.2 Å². The van der Waals surface area contributed by atoms with Crippen molar-refractivity contribution in [3.05, 3.63) is 41.5 Å². The lowest BCUT2D eigenvalue weighted by atomic mass is 9.48. The SMILES string of the molecule is COC(=O)c1ccc(/C=C/C(=O)C23CC4CC(CC(C4)C2)C3)cc1. The molecule has 4 fully saturated rings. The normalized spacial score (nSPS) is 33.8. The first-order valence-electron chi connectivity index (χ1n) is 8.99. The van der Waals surface area contributed by atoms with Gasteiger partial charge in [-0.15, -0.1) is 0 Å². The number of ketones is 1. The van der Waals surface area contributed by atoms with E-state index in [2.05, 4.69) is 0 Å². The highest BCUT2D eigenvalue weighted by atomic mass is 16.5. The van der Waals surface area contributed by atoms with E-state index in [1.54, 1.807) is 18.2 Å². The molecule has 4 aliphatic carbocycles. The molecule has 4 bridgehead atoms. The number of rotatable bonds is 4. The third-order valence-corrected chi connectivity index (χ3v) is 6.32. The van der Waals surface area contributed by atoms with Crippen LogP contribution in [-0.2, 0) is 9.53 Å². The Kier molecular flexibility index (Phi) is 3.82. The average Bonchev–Trinajstić information content (AvgIpc) is 2.58. The van der Waals surface area contributed by atoms with Gasteiger partial charge in [-0.25, -0.2) is 4.79 Å². The van der Waals surface area contributed by atoms with Crippen LogP contribution in [0.15, 0.2) is 30.3 Å². The molecule has 4 aliphatic rings. The van der Waals surface area contributed by atoms with Crippen LogP contribution in [0.3, 0.4) is 0 Å². The van der Waals surface area contributed by atoms with E-state index in [0.29, 0.717) is 11.3 Å². The maximum Gasteiger partial charge on any atom is 0.337 e. The molecule has 0 radical (unpaired) electrons. The Morgan fingerprint density at radius 1 is 1.00 bits per heavy atom. The lowest BCUT2D eigenvalue weighted by Gasteiger charge is -2.55. The molecular weight excluding hydrogens is 300 g/mol. The third-order valence-electron chi connectivity index (χ3n) is 6.32. The van der Waals surface area contributed by atoms with Gasteiger partial charge in [0.2, 0.25) is 0 Å². The van der Waals surface area contributed by atoms with Gasteiger partial charge >= 0.3 is 5.97 Å². The molecule has 0 amide bonds. The van der Waals surface area contributed by atoms with Crippen molar-refractivity contribution in [2.75, 3.05) is 7.11 Å². The first-order chi connectivity index (χ1) is 11.6. The quantitative estimate of drug-likeness (QED) is 0.613. The lowest BCUT2D eigenvalue weighted by Crippen LogP contribution is -2.49. The molecular formula is C21H24O3. The van der Waals surface area contributed by atoms with E-state index >= 15 is 0 Å². The zero-order chi connectivity index (χ0) is 16.7. The molecule has 1 aromatic carbocycles. The minimum absolute atomic E-state index is 0.0722. The van der Waals surface area contributed by atoms with E-state index < -0.39 is 0 Å². The molecule has 1 aromatic rings. The third kappa shape index (κ3) is 2.70. The van der Waals surface area contributed by atoms with Gasteiger partial charge in [0, 0.05) is 5.41 Å². The predicted octanol–water partition coefficient (Wildman–Crippen LogP) is 4.27. The maximum atomic E-state index is 12.9. The Bertz CT molecular complexity index is 648. The van der Waals surface area contributed by atoms with Crippen molar-refractivity contribution < 1.29 is 14.3 Å². The summed E-state index contributed by atoms with van der Waals surface area (Å²) in [6, 6.07) is 7.19. The minimum Gasteiger partial charge on any atom is -0.465 e. The molecule has 0 aromatic heterocycles. The van der Waals surface area contributed by atoms with Gasteiger partial charge in [0.25, 0.3) is 0 Å². The van der Waals surface area contributed by atoms with Crippen molar-refractivity contribution in [1.82, 2.24) is 0 Å². The van der Waals surface area contributed by atoms with Crippen LogP contribution in [0.5, 0.6) is 0 Å². The standard InChI is InChI=1S/C21H24O3/c1-24-20(23)18-5-2-14(3-6-18)4-7-19(22)21-11-15-8-16(12-21)10-17(9-15)13-21/h2-7,15-17H,8-13H2,1H3/b7-4+. The van der Waals surface area contributed by atoms with Crippen LogP contribution >= 0.6 is 0 Å². The number of hydrogen-bond donors (Lipinski definition) is 0. The highest BCUT2D eigenvalue weighted by Crippen LogP contribution is 2.60. The van der Waals surface area contributed by atoms with E-state index in [-0.39, 0.29) is 11.4 Å². The smallest absolute Gasteiger partial charge is 0.337 e. The minimum atomic E-state index is -0.338. The molecule has 126 valence electrons. The number of hydrogen-bond acceptors (Lipinski definition) is 3. The Labute approximate surface area is 143 Å². The van der Waals surface area contributed by atoms with Crippen molar-refractivity contribution in [2.24, 2.45) is 23.2 Å². The molecule has 3 nitrogen and oxygen atoms in total. The number of carbonyl (C=O) groups is 2. The second-order valence-corrected chi connectivity index (χ2v) is 8.01. The van der Waals surface area contributed by atoms with Gasteiger partial charge in [0.15, 0.2) is 5.78 Å². The van der Waals surface area contributed by atoms with E-state index in [9.17, 15) is 9.59 Å². The summed E-state index contributed by atoms with van der Waals surface area (Å²) in [7, 11) is 1.38. The number of ether oxygens (including phenoxy) is 1. The molecule has 24 heavy (non-hydrogen) atoms. The topological polar surface area (TPSA) is 43.4 Å². The van der Waals surface area contributed by atoms with E-state index in [1.165, 1.54) is 26.4 Å². The van der Waals surface area contributed by atoms with Crippen LogP contribution in [0.4, 0.5) is 0 Å². The number of carbonyl (C=O) groups excluding carboxylic acids is 2. The first-order valence-corrected chi connectivity index (χ1v) is 8.99. The van der Waals surface area contributed by atoms with Gasteiger partial charge in [0.05, 0.1) is 12.7 Å². The molecule has 0 aliphatic heterocycles. The molecule has 0 N–H and O–H groups in total. The van der Waals surface area contributed by atoms with Gasteiger partial charge in [-0.05, 0) is 80.1 Å².